The molecule has 0 saturated carbocycles. The topological polar surface area (TPSA) is 38.9 Å². The van der Waals surface area contributed by atoms with Crippen LogP contribution < -0.4 is 0 Å². The summed E-state index contributed by atoms with van der Waals surface area (Å²) in [6.45, 7) is 8.91. The number of rotatable bonds is 8. The van der Waals surface area contributed by atoms with E-state index in [1.54, 1.807) is 0 Å². The van der Waals surface area contributed by atoms with Gasteiger partial charge in [-0.05, 0) is 143 Å². The largest absolute Gasteiger partial charge is 0.416 e. The van der Waals surface area contributed by atoms with Crippen LogP contribution in [0.1, 0.15) is 49.9 Å². The van der Waals surface area contributed by atoms with E-state index in [4.69, 9.17) is 4.42 Å². The highest BCUT2D eigenvalue weighted by Gasteiger charge is 2.18. The molecule has 3 nitrogen and oxygen atoms in total. The number of fused-ring (bicyclic) bond motifs is 6. The van der Waals surface area contributed by atoms with E-state index in [2.05, 4.69) is 147 Å². The highest BCUT2D eigenvalue weighted by atomic mass is 32.1. The number of hydrogen-bond acceptors (Lipinski definition) is 5. The second-order valence-corrected chi connectivity index (χ2v) is 15.5. The molecule has 3 aromatic heterocycles. The summed E-state index contributed by atoms with van der Waals surface area (Å²) in [7, 11) is 0. The third kappa shape index (κ3) is 5.56. The Bertz CT molecular complexity index is 2580. The summed E-state index contributed by atoms with van der Waals surface area (Å²) in [4.78, 5) is 0. The Hall–Kier alpha value is -5.10. The molecule has 6 aromatic carbocycles. The van der Waals surface area contributed by atoms with Crippen molar-refractivity contribution in [1.29, 1.82) is 0 Å². The molecule has 9 rings (SSSR count). The maximum Gasteiger partial charge on any atom is 0.248 e. The minimum absolute atomic E-state index is 0.524. The van der Waals surface area contributed by atoms with E-state index in [9.17, 15) is 0 Å². The van der Waals surface area contributed by atoms with Crippen LogP contribution in [0.2, 0.25) is 0 Å². The van der Waals surface area contributed by atoms with Crippen molar-refractivity contribution < 1.29 is 4.42 Å². The fourth-order valence-electron chi connectivity index (χ4n) is 7.34. The molecule has 5 heteroatoms. The van der Waals surface area contributed by atoms with E-state index < -0.39 is 0 Å². The molecule has 9 aromatic rings. The summed E-state index contributed by atoms with van der Waals surface area (Å²) in [5, 5.41) is 14.5. The molecule has 0 aliphatic rings. The van der Waals surface area contributed by atoms with E-state index in [0.717, 1.165) is 47.9 Å². The first-order valence-corrected chi connectivity index (χ1v) is 19.7. The average molecular weight is 699 g/mol. The van der Waals surface area contributed by atoms with E-state index in [1.807, 2.05) is 22.7 Å². The van der Waals surface area contributed by atoms with Crippen LogP contribution in [0.4, 0.5) is 0 Å². The van der Waals surface area contributed by atoms with Gasteiger partial charge >= 0.3 is 0 Å². The van der Waals surface area contributed by atoms with Gasteiger partial charge in [0.15, 0.2) is 0 Å². The lowest BCUT2D eigenvalue weighted by Crippen LogP contribution is -1.86. The van der Waals surface area contributed by atoms with E-state index in [1.165, 1.54) is 73.7 Å². The number of aryl methyl sites for hydroxylation is 4. The van der Waals surface area contributed by atoms with Gasteiger partial charge in [-0.2, -0.15) is 0 Å². The summed E-state index contributed by atoms with van der Waals surface area (Å²) < 4.78 is 11.7. The first-order chi connectivity index (χ1) is 25.0. The van der Waals surface area contributed by atoms with Gasteiger partial charge in [0.2, 0.25) is 11.8 Å². The summed E-state index contributed by atoms with van der Waals surface area (Å²) in [5.41, 5.74) is 12.1. The molecule has 0 saturated heterocycles. The lowest BCUT2D eigenvalue weighted by molar-refractivity contribution is 0.584. The molecule has 0 bridgehead atoms. The van der Waals surface area contributed by atoms with Gasteiger partial charge in [0.1, 0.15) is 0 Å². The first kappa shape index (κ1) is 31.9. The van der Waals surface area contributed by atoms with Gasteiger partial charge in [-0.15, -0.1) is 32.9 Å². The van der Waals surface area contributed by atoms with Gasteiger partial charge < -0.3 is 4.42 Å². The zero-order valence-electron chi connectivity index (χ0n) is 29.3. The van der Waals surface area contributed by atoms with Crippen LogP contribution in [0, 0.1) is 0 Å². The van der Waals surface area contributed by atoms with Crippen molar-refractivity contribution in [3.8, 4) is 45.2 Å². The van der Waals surface area contributed by atoms with Crippen LogP contribution >= 0.6 is 22.7 Å². The van der Waals surface area contributed by atoms with Crippen molar-refractivity contribution in [2.45, 2.75) is 53.4 Å². The maximum atomic E-state index is 6.43. The number of hydrogen-bond donors (Lipinski definition) is 0. The lowest BCUT2D eigenvalue weighted by Gasteiger charge is -2.09. The van der Waals surface area contributed by atoms with Crippen LogP contribution in [0.3, 0.4) is 0 Å². The van der Waals surface area contributed by atoms with Crippen molar-refractivity contribution >= 4 is 63.0 Å². The van der Waals surface area contributed by atoms with Crippen LogP contribution in [0.15, 0.2) is 114 Å². The Balaban J connectivity index is 1.10. The summed E-state index contributed by atoms with van der Waals surface area (Å²) in [6, 6.07) is 40.4. The van der Waals surface area contributed by atoms with E-state index >= 15 is 0 Å². The zero-order valence-corrected chi connectivity index (χ0v) is 31.0. The minimum Gasteiger partial charge on any atom is -0.416 e. The predicted molar refractivity (Wildman–Crippen MR) is 219 cm³/mol. The standard InChI is InChI=1S/C46H38N2OS2/c1-5-27-15-17-41-37(19-27)39-23-29(7-3)21-35(43(39)50-41)31-11-9-13-33(25-31)45-47-48-46(49-45)34-14-10-12-32(26-34)36-22-30(8-4)24-40-38-20-28(6-2)16-18-42(38)51-44(36)40/h9-26H,5-8H2,1-4H3. The Labute approximate surface area is 306 Å². The van der Waals surface area contributed by atoms with E-state index in [0.29, 0.717) is 11.8 Å². The number of benzene rings is 6. The molecule has 0 spiro atoms. The molecule has 0 aliphatic carbocycles. The third-order valence-corrected chi connectivity index (χ3v) is 12.7. The Kier molecular flexibility index (Phi) is 8.06. The summed E-state index contributed by atoms with van der Waals surface area (Å²) >= 11 is 3.76. The van der Waals surface area contributed by atoms with Gasteiger partial charge in [-0.25, -0.2) is 0 Å². The first-order valence-electron chi connectivity index (χ1n) is 18.0. The van der Waals surface area contributed by atoms with Crippen molar-refractivity contribution in [2.24, 2.45) is 0 Å². The SMILES string of the molecule is CCc1ccc2sc3c(-c4cccc(-c5nnc(-c6cccc(-c7cc(CC)cc8c7sc7ccc(CC)cc78)c6)o5)c4)cc(CC)cc3c2c1. The van der Waals surface area contributed by atoms with Gasteiger partial charge in [0, 0.05) is 51.5 Å². The van der Waals surface area contributed by atoms with Crippen LogP contribution in [-0.4, -0.2) is 10.2 Å². The van der Waals surface area contributed by atoms with Crippen LogP contribution in [-0.2, 0) is 25.7 Å². The number of thiophene rings is 2. The van der Waals surface area contributed by atoms with Crippen molar-refractivity contribution in [1.82, 2.24) is 10.2 Å². The van der Waals surface area contributed by atoms with Gasteiger partial charge in [0.05, 0.1) is 0 Å². The molecule has 250 valence electrons. The van der Waals surface area contributed by atoms with Crippen LogP contribution in [0.5, 0.6) is 0 Å². The second-order valence-electron chi connectivity index (χ2n) is 13.4. The maximum absolute atomic E-state index is 6.43. The van der Waals surface area contributed by atoms with E-state index in [-0.39, 0.29) is 0 Å². The van der Waals surface area contributed by atoms with Gasteiger partial charge in [0.25, 0.3) is 0 Å². The fraction of sp³-hybridized carbons (Fsp3) is 0.174. The van der Waals surface area contributed by atoms with Crippen LogP contribution in [0.25, 0.3) is 85.5 Å². The zero-order chi connectivity index (χ0) is 34.6. The summed E-state index contributed by atoms with van der Waals surface area (Å²) in [5.74, 6) is 1.05. The number of nitrogens with zero attached hydrogens (tertiary/aromatic N) is 2. The normalized spacial score (nSPS) is 11.8. The minimum atomic E-state index is 0.524. The molecule has 0 amide bonds. The Morgan fingerprint density at radius 3 is 1.27 bits per heavy atom. The van der Waals surface area contributed by atoms with Gasteiger partial charge in [-0.3, -0.25) is 0 Å². The molecule has 3 heterocycles. The van der Waals surface area contributed by atoms with Crippen molar-refractivity contribution in [3.63, 3.8) is 0 Å². The van der Waals surface area contributed by atoms with Gasteiger partial charge in [-0.1, -0.05) is 64.1 Å². The average Bonchev–Trinajstić information content (AvgIpc) is 3.92. The smallest absolute Gasteiger partial charge is 0.248 e. The molecular formula is C46H38N2OS2. The fourth-order valence-corrected chi connectivity index (χ4v) is 9.74. The molecule has 0 atom stereocenters. The predicted octanol–water partition coefficient (Wildman–Crippen LogP) is 13.7. The highest BCUT2D eigenvalue weighted by molar-refractivity contribution is 7.26. The van der Waals surface area contributed by atoms with Crippen molar-refractivity contribution in [2.75, 3.05) is 0 Å². The summed E-state index contributed by atoms with van der Waals surface area (Å²) in [6.07, 6.45) is 4.04. The molecule has 0 N–H and O–H groups in total. The Morgan fingerprint density at radius 2 is 0.843 bits per heavy atom. The molecule has 51 heavy (non-hydrogen) atoms. The lowest BCUT2D eigenvalue weighted by atomic mass is 9.97. The quantitative estimate of drug-likeness (QED) is 0.159. The molecule has 0 aliphatic heterocycles. The third-order valence-electron chi connectivity index (χ3n) is 10.3. The Morgan fingerprint density at radius 1 is 0.431 bits per heavy atom. The monoisotopic (exact) mass is 698 g/mol. The number of aromatic nitrogens is 2. The molecule has 0 unspecified atom stereocenters. The molecule has 0 fully saturated rings. The molecular weight excluding hydrogens is 661 g/mol. The molecule has 0 radical (unpaired) electrons. The highest BCUT2D eigenvalue weighted by Crippen LogP contribution is 2.44. The second kappa shape index (κ2) is 12.9. The van der Waals surface area contributed by atoms with Crippen molar-refractivity contribution in [3.05, 3.63) is 131 Å².